The molecule has 0 saturated carbocycles. The number of hydrogen-bond donors (Lipinski definition) is 3. The summed E-state index contributed by atoms with van der Waals surface area (Å²) < 4.78 is 0. The van der Waals surface area contributed by atoms with E-state index in [0.29, 0.717) is 11.1 Å². The lowest BCUT2D eigenvalue weighted by Gasteiger charge is -2.29. The number of likely N-dealkylation sites (N-methyl/N-ethyl adjacent to an activating group) is 1. The van der Waals surface area contributed by atoms with Gasteiger partial charge in [-0.05, 0) is 38.2 Å². The third-order valence-electron chi connectivity index (χ3n) is 3.29. The molecule has 1 atom stereocenters. The highest BCUT2D eigenvalue weighted by atomic mass is 16.1. The van der Waals surface area contributed by atoms with Crippen molar-refractivity contribution in [3.63, 3.8) is 0 Å². The zero-order chi connectivity index (χ0) is 15.1. The monoisotopic (exact) mass is 278 g/mol. The van der Waals surface area contributed by atoms with Crippen LogP contribution in [0.25, 0.3) is 0 Å². The van der Waals surface area contributed by atoms with E-state index >= 15 is 0 Å². The Kier molecular flexibility index (Phi) is 6.14. The third kappa shape index (κ3) is 4.99. The zero-order valence-electron chi connectivity index (χ0n) is 11.9. The van der Waals surface area contributed by atoms with E-state index < -0.39 is 11.8 Å². The average molecular weight is 278 g/mol. The maximum absolute atomic E-state index is 10.6. The molecule has 5 N–H and O–H groups in total. The molecule has 1 saturated heterocycles. The second-order valence-electron chi connectivity index (χ2n) is 4.84. The van der Waals surface area contributed by atoms with E-state index in [1.54, 1.807) is 0 Å². The number of nitrogens with two attached hydrogens (primary N) is 2. The number of hydrogen-bond acceptors (Lipinski definition) is 4. The number of amides is 2. The maximum atomic E-state index is 10.6. The van der Waals surface area contributed by atoms with Gasteiger partial charge in [0.2, 0.25) is 11.8 Å². The molecule has 1 aliphatic heterocycles. The van der Waals surface area contributed by atoms with E-state index in [0.717, 1.165) is 19.1 Å². The van der Waals surface area contributed by atoms with E-state index in [1.807, 2.05) is 0 Å². The Hall–Kier alpha value is -1.92. The van der Waals surface area contributed by atoms with E-state index in [2.05, 4.69) is 24.2 Å². The van der Waals surface area contributed by atoms with Gasteiger partial charge in [0.25, 0.3) is 0 Å². The largest absolute Gasteiger partial charge is 0.366 e. The first-order valence-electron chi connectivity index (χ1n) is 6.52. The number of rotatable bonds is 2. The van der Waals surface area contributed by atoms with Crippen molar-refractivity contribution in [2.45, 2.75) is 13.0 Å². The minimum Gasteiger partial charge on any atom is -0.366 e. The number of primary amides is 2. The highest BCUT2D eigenvalue weighted by Gasteiger charge is 2.11. The minimum atomic E-state index is -0.522. The van der Waals surface area contributed by atoms with E-state index in [4.69, 9.17) is 11.5 Å². The fourth-order valence-electron chi connectivity index (χ4n) is 1.74. The first-order valence-corrected chi connectivity index (χ1v) is 6.52. The van der Waals surface area contributed by atoms with Gasteiger partial charge in [-0.1, -0.05) is 0 Å². The average Bonchev–Trinajstić information content (AvgIpc) is 2.43. The minimum absolute atomic E-state index is 0.361. The summed E-state index contributed by atoms with van der Waals surface area (Å²) >= 11 is 0. The Morgan fingerprint density at radius 2 is 1.60 bits per heavy atom. The summed E-state index contributed by atoms with van der Waals surface area (Å²) in [6.07, 6.45) is 0. The van der Waals surface area contributed by atoms with Gasteiger partial charge in [0.15, 0.2) is 0 Å². The highest BCUT2D eigenvalue weighted by Crippen LogP contribution is 2.02. The Morgan fingerprint density at radius 3 is 1.85 bits per heavy atom. The first-order chi connectivity index (χ1) is 9.41. The molecule has 6 heteroatoms. The van der Waals surface area contributed by atoms with Crippen LogP contribution in [0.15, 0.2) is 24.3 Å². The van der Waals surface area contributed by atoms with Crippen LogP contribution in [0.3, 0.4) is 0 Å². The molecule has 2 amide bonds. The molecule has 1 aromatic rings. The highest BCUT2D eigenvalue weighted by molar-refractivity contribution is 5.96. The maximum Gasteiger partial charge on any atom is 0.248 e. The standard InChI is InChI=1S/C8H8N2O2.C6H14N2/c9-7(11)5-1-2-6(4-3-5)8(10)12;1-6-5-7-3-4-8(6)2/h1-4H,(H2,9,11)(H2,10,12);6-7H,3-5H2,1-2H3. The van der Waals surface area contributed by atoms with Crippen molar-refractivity contribution >= 4 is 11.8 Å². The fourth-order valence-corrected chi connectivity index (χ4v) is 1.74. The van der Waals surface area contributed by atoms with Crippen LogP contribution in [0.2, 0.25) is 0 Å². The molecule has 0 aromatic heterocycles. The molecule has 0 spiro atoms. The van der Waals surface area contributed by atoms with Crippen molar-refractivity contribution in [2.75, 3.05) is 26.7 Å². The molecule has 1 unspecified atom stereocenters. The Labute approximate surface area is 119 Å². The lowest BCUT2D eigenvalue weighted by molar-refractivity contribution is 0.0988. The molecule has 2 rings (SSSR count). The Balaban J connectivity index is 0.000000217. The number of benzene rings is 1. The fraction of sp³-hybridized carbons (Fsp3) is 0.429. The second-order valence-corrected chi connectivity index (χ2v) is 4.84. The van der Waals surface area contributed by atoms with Crippen molar-refractivity contribution in [3.05, 3.63) is 35.4 Å². The van der Waals surface area contributed by atoms with Crippen LogP contribution in [0.4, 0.5) is 0 Å². The van der Waals surface area contributed by atoms with Crippen molar-refractivity contribution in [1.82, 2.24) is 10.2 Å². The molecular formula is C14H22N4O2. The normalized spacial score (nSPS) is 18.8. The van der Waals surface area contributed by atoms with Crippen LogP contribution in [0, 0.1) is 0 Å². The van der Waals surface area contributed by atoms with Gasteiger partial charge < -0.3 is 21.7 Å². The molecule has 0 aliphatic carbocycles. The predicted octanol–water partition coefficient (Wildman–Crippen LogP) is -0.206. The smallest absolute Gasteiger partial charge is 0.248 e. The molecule has 110 valence electrons. The molecule has 6 nitrogen and oxygen atoms in total. The van der Waals surface area contributed by atoms with Crippen LogP contribution in [-0.2, 0) is 0 Å². The number of carbonyl (C=O) groups excluding carboxylic acids is 2. The molecule has 1 heterocycles. The molecular weight excluding hydrogens is 256 g/mol. The van der Waals surface area contributed by atoms with Crippen LogP contribution in [-0.4, -0.2) is 49.4 Å². The summed E-state index contributed by atoms with van der Waals surface area (Å²) in [4.78, 5) is 23.5. The van der Waals surface area contributed by atoms with Gasteiger partial charge in [0, 0.05) is 36.8 Å². The lowest BCUT2D eigenvalue weighted by atomic mass is 10.1. The first kappa shape index (κ1) is 16.1. The second kappa shape index (κ2) is 7.62. The van der Waals surface area contributed by atoms with E-state index in [1.165, 1.54) is 30.8 Å². The Morgan fingerprint density at radius 1 is 1.15 bits per heavy atom. The summed E-state index contributed by atoms with van der Waals surface area (Å²) in [6.45, 7) is 5.74. The van der Waals surface area contributed by atoms with Gasteiger partial charge in [-0.15, -0.1) is 0 Å². The van der Waals surface area contributed by atoms with Crippen LogP contribution < -0.4 is 16.8 Å². The van der Waals surface area contributed by atoms with Gasteiger partial charge in [0.1, 0.15) is 0 Å². The summed E-state index contributed by atoms with van der Waals surface area (Å²) in [6, 6.07) is 6.57. The summed E-state index contributed by atoms with van der Waals surface area (Å²) in [5, 5.41) is 3.32. The molecule has 20 heavy (non-hydrogen) atoms. The van der Waals surface area contributed by atoms with Gasteiger partial charge >= 0.3 is 0 Å². The summed E-state index contributed by atoms with van der Waals surface area (Å²) in [5.74, 6) is -1.04. The SMILES string of the molecule is CC1CNCCN1C.NC(=O)c1ccc(C(N)=O)cc1. The number of nitrogens with one attached hydrogen (secondary N) is 1. The number of carbonyl (C=O) groups is 2. The summed E-state index contributed by atoms with van der Waals surface area (Å²) in [7, 11) is 2.17. The van der Waals surface area contributed by atoms with Crippen molar-refractivity contribution in [1.29, 1.82) is 0 Å². The van der Waals surface area contributed by atoms with E-state index in [-0.39, 0.29) is 0 Å². The third-order valence-corrected chi connectivity index (χ3v) is 3.29. The van der Waals surface area contributed by atoms with Gasteiger partial charge in [-0.2, -0.15) is 0 Å². The van der Waals surface area contributed by atoms with Crippen LogP contribution in [0.5, 0.6) is 0 Å². The van der Waals surface area contributed by atoms with Crippen LogP contribution >= 0.6 is 0 Å². The number of nitrogens with zero attached hydrogens (tertiary/aromatic N) is 1. The topological polar surface area (TPSA) is 101 Å². The summed E-state index contributed by atoms with van der Waals surface area (Å²) in [5.41, 5.74) is 10.7. The van der Waals surface area contributed by atoms with Gasteiger partial charge in [-0.25, -0.2) is 0 Å². The molecule has 0 bridgehead atoms. The van der Waals surface area contributed by atoms with Gasteiger partial charge in [-0.3, -0.25) is 9.59 Å². The van der Waals surface area contributed by atoms with Gasteiger partial charge in [0.05, 0.1) is 0 Å². The molecule has 0 radical (unpaired) electrons. The van der Waals surface area contributed by atoms with Crippen molar-refractivity contribution in [2.24, 2.45) is 11.5 Å². The Bertz CT molecular complexity index is 416. The molecule has 1 aromatic carbocycles. The van der Waals surface area contributed by atoms with Crippen molar-refractivity contribution in [3.8, 4) is 0 Å². The number of piperazine rings is 1. The predicted molar refractivity (Wildman–Crippen MR) is 78.4 cm³/mol. The molecule has 1 fully saturated rings. The van der Waals surface area contributed by atoms with Crippen LogP contribution in [0.1, 0.15) is 27.6 Å². The lowest BCUT2D eigenvalue weighted by Crippen LogP contribution is -2.47. The zero-order valence-corrected chi connectivity index (χ0v) is 11.9. The van der Waals surface area contributed by atoms with E-state index in [9.17, 15) is 9.59 Å². The quantitative estimate of drug-likeness (QED) is 0.697. The molecule has 1 aliphatic rings. The van der Waals surface area contributed by atoms with Crippen molar-refractivity contribution < 1.29 is 9.59 Å².